The third kappa shape index (κ3) is 4.79. The Labute approximate surface area is 187 Å². The molecule has 174 valence electrons. The van der Waals surface area contributed by atoms with Gasteiger partial charge >= 0.3 is 12.3 Å². The number of rotatable bonds is 5. The highest BCUT2D eigenvalue weighted by Crippen LogP contribution is 2.29. The van der Waals surface area contributed by atoms with Gasteiger partial charge in [0.05, 0.1) is 28.9 Å². The first kappa shape index (κ1) is 22.6. The van der Waals surface area contributed by atoms with Crippen molar-refractivity contribution in [2.75, 3.05) is 24.6 Å². The molecule has 1 saturated heterocycles. The topological polar surface area (TPSA) is 73.7 Å². The molecule has 0 atom stereocenters. The van der Waals surface area contributed by atoms with Gasteiger partial charge in [-0.3, -0.25) is 4.79 Å². The molecule has 1 aliphatic rings. The summed E-state index contributed by atoms with van der Waals surface area (Å²) in [5, 5.41) is 4.54. The van der Waals surface area contributed by atoms with Crippen molar-refractivity contribution in [1.29, 1.82) is 0 Å². The first-order chi connectivity index (χ1) is 15.8. The van der Waals surface area contributed by atoms with Crippen LogP contribution in [-0.2, 0) is 4.74 Å². The second kappa shape index (κ2) is 9.13. The number of halogens is 3. The smallest absolute Gasteiger partial charge is 0.461 e. The van der Waals surface area contributed by atoms with E-state index in [2.05, 4.69) is 14.7 Å². The van der Waals surface area contributed by atoms with Crippen LogP contribution in [-0.4, -0.2) is 41.8 Å². The third-order valence-electron chi connectivity index (χ3n) is 5.37. The normalized spacial score (nSPS) is 14.4. The molecule has 0 amide bonds. The van der Waals surface area contributed by atoms with Crippen molar-refractivity contribution in [2.45, 2.75) is 32.5 Å². The summed E-state index contributed by atoms with van der Waals surface area (Å²) in [4.78, 5) is 28.0. The lowest BCUT2D eigenvalue weighted by Gasteiger charge is -2.30. The van der Waals surface area contributed by atoms with Crippen LogP contribution >= 0.6 is 0 Å². The Hall–Kier alpha value is -3.56. The number of carbonyl (C=O) groups is 1. The zero-order valence-corrected chi connectivity index (χ0v) is 17.9. The van der Waals surface area contributed by atoms with Crippen LogP contribution < -0.4 is 15.1 Å². The summed E-state index contributed by atoms with van der Waals surface area (Å²) in [7, 11) is 0. The SMILES string of the molecule is CCOC(=O)c1nn(-c2ccc(OC(F)(F)F)cc2)c2cccc(N3CCCCC3)c2c1=O. The van der Waals surface area contributed by atoms with E-state index >= 15 is 0 Å². The van der Waals surface area contributed by atoms with Crippen LogP contribution in [0.5, 0.6) is 5.75 Å². The van der Waals surface area contributed by atoms with E-state index in [-0.39, 0.29) is 12.3 Å². The number of esters is 1. The van der Waals surface area contributed by atoms with Gasteiger partial charge < -0.3 is 14.4 Å². The highest BCUT2D eigenvalue weighted by atomic mass is 19.4. The van der Waals surface area contributed by atoms with Gasteiger partial charge in [-0.05, 0) is 62.6 Å². The Morgan fingerprint density at radius 3 is 2.39 bits per heavy atom. The minimum absolute atomic E-state index is 0.0647. The largest absolute Gasteiger partial charge is 0.573 e. The van der Waals surface area contributed by atoms with Crippen LogP contribution in [0.25, 0.3) is 16.6 Å². The van der Waals surface area contributed by atoms with E-state index < -0.39 is 23.5 Å². The Morgan fingerprint density at radius 1 is 1.06 bits per heavy atom. The maximum absolute atomic E-state index is 13.4. The van der Waals surface area contributed by atoms with Gasteiger partial charge in [0, 0.05) is 13.1 Å². The first-order valence-corrected chi connectivity index (χ1v) is 10.6. The molecule has 0 unspecified atom stereocenters. The van der Waals surface area contributed by atoms with Crippen LogP contribution in [0.2, 0.25) is 0 Å². The van der Waals surface area contributed by atoms with E-state index in [0.29, 0.717) is 22.3 Å². The van der Waals surface area contributed by atoms with Crippen molar-refractivity contribution in [3.63, 3.8) is 0 Å². The van der Waals surface area contributed by atoms with E-state index in [0.717, 1.165) is 44.5 Å². The second-order valence-electron chi connectivity index (χ2n) is 7.57. The zero-order valence-electron chi connectivity index (χ0n) is 17.9. The molecule has 0 N–H and O–H groups in total. The molecule has 0 aliphatic carbocycles. The molecule has 10 heteroatoms. The van der Waals surface area contributed by atoms with Gasteiger partial charge in [0.1, 0.15) is 5.75 Å². The molecule has 7 nitrogen and oxygen atoms in total. The minimum atomic E-state index is -4.82. The molecule has 0 bridgehead atoms. The lowest BCUT2D eigenvalue weighted by Crippen LogP contribution is -2.32. The van der Waals surface area contributed by atoms with Crippen molar-refractivity contribution >= 4 is 22.6 Å². The van der Waals surface area contributed by atoms with Crippen molar-refractivity contribution < 1.29 is 27.4 Å². The average Bonchev–Trinajstić information content (AvgIpc) is 2.79. The van der Waals surface area contributed by atoms with Gasteiger partial charge in [-0.2, -0.15) is 5.10 Å². The number of anilines is 1. The lowest BCUT2D eigenvalue weighted by atomic mass is 10.1. The van der Waals surface area contributed by atoms with E-state index in [4.69, 9.17) is 4.74 Å². The van der Waals surface area contributed by atoms with Crippen molar-refractivity contribution in [2.24, 2.45) is 0 Å². The molecule has 0 saturated carbocycles. The number of benzene rings is 2. The highest BCUT2D eigenvalue weighted by molar-refractivity contribution is 5.97. The molecule has 1 aromatic heterocycles. The fraction of sp³-hybridized carbons (Fsp3) is 0.348. The molecule has 1 aliphatic heterocycles. The Balaban J connectivity index is 1.91. The number of carbonyl (C=O) groups excluding carboxylic acids is 1. The molecule has 3 aromatic rings. The van der Waals surface area contributed by atoms with E-state index in [9.17, 15) is 22.8 Å². The molecule has 1 fully saturated rings. The predicted molar refractivity (Wildman–Crippen MR) is 116 cm³/mol. The van der Waals surface area contributed by atoms with Crippen molar-refractivity contribution in [3.8, 4) is 11.4 Å². The number of fused-ring (bicyclic) bond motifs is 1. The van der Waals surface area contributed by atoms with Gasteiger partial charge in [0.15, 0.2) is 0 Å². The summed E-state index contributed by atoms with van der Waals surface area (Å²) in [6.45, 7) is 3.24. The van der Waals surface area contributed by atoms with Crippen molar-refractivity contribution in [3.05, 3.63) is 58.4 Å². The molecule has 4 rings (SSSR count). The molecular formula is C23H22F3N3O4. The monoisotopic (exact) mass is 461 g/mol. The van der Waals surface area contributed by atoms with Crippen LogP contribution in [0.4, 0.5) is 18.9 Å². The maximum atomic E-state index is 13.4. The number of ether oxygens (including phenoxy) is 2. The fourth-order valence-electron chi connectivity index (χ4n) is 3.97. The van der Waals surface area contributed by atoms with Gasteiger partial charge in [-0.25, -0.2) is 9.48 Å². The number of aromatic nitrogens is 2. The number of hydrogen-bond donors (Lipinski definition) is 0. The Morgan fingerprint density at radius 2 is 1.76 bits per heavy atom. The van der Waals surface area contributed by atoms with Crippen LogP contribution in [0.1, 0.15) is 36.7 Å². The minimum Gasteiger partial charge on any atom is -0.461 e. The van der Waals surface area contributed by atoms with E-state index in [1.54, 1.807) is 19.1 Å². The van der Waals surface area contributed by atoms with Crippen LogP contribution in [0, 0.1) is 0 Å². The number of nitrogens with zero attached hydrogens (tertiary/aromatic N) is 3. The lowest BCUT2D eigenvalue weighted by molar-refractivity contribution is -0.274. The standard InChI is InChI=1S/C23H22F3N3O4/c1-2-32-22(31)20-21(30)19-17(28-13-4-3-5-14-28)7-6-8-18(19)29(27-20)15-9-11-16(12-10-15)33-23(24,25)26/h6-12H,2-5,13-14H2,1H3. The number of hydrogen-bond acceptors (Lipinski definition) is 6. The molecule has 2 aromatic carbocycles. The Kier molecular flexibility index (Phi) is 6.26. The van der Waals surface area contributed by atoms with Gasteiger partial charge in [0.25, 0.3) is 0 Å². The van der Waals surface area contributed by atoms with E-state index in [1.807, 2.05) is 6.07 Å². The van der Waals surface area contributed by atoms with Crippen molar-refractivity contribution in [1.82, 2.24) is 9.78 Å². The predicted octanol–water partition coefficient (Wildman–Crippen LogP) is 4.45. The van der Waals surface area contributed by atoms with Gasteiger partial charge in [-0.1, -0.05) is 6.07 Å². The van der Waals surface area contributed by atoms with Crippen LogP contribution in [0.15, 0.2) is 47.3 Å². The molecule has 0 spiro atoms. The number of piperidine rings is 1. The van der Waals surface area contributed by atoms with Gasteiger partial charge in [-0.15, -0.1) is 13.2 Å². The van der Waals surface area contributed by atoms with Crippen LogP contribution in [0.3, 0.4) is 0 Å². The quantitative estimate of drug-likeness (QED) is 0.523. The molecule has 0 radical (unpaired) electrons. The third-order valence-corrected chi connectivity index (χ3v) is 5.37. The summed E-state index contributed by atoms with van der Waals surface area (Å²) < 4.78 is 47.9. The number of alkyl halides is 3. The summed E-state index contributed by atoms with van der Waals surface area (Å²) >= 11 is 0. The molecular weight excluding hydrogens is 439 g/mol. The highest BCUT2D eigenvalue weighted by Gasteiger charge is 2.31. The first-order valence-electron chi connectivity index (χ1n) is 10.6. The molecule has 33 heavy (non-hydrogen) atoms. The molecule has 2 heterocycles. The summed E-state index contributed by atoms with van der Waals surface area (Å²) in [6.07, 6.45) is -1.74. The zero-order chi connectivity index (χ0) is 23.6. The second-order valence-corrected chi connectivity index (χ2v) is 7.57. The van der Waals surface area contributed by atoms with Gasteiger partial charge in [0.2, 0.25) is 11.1 Å². The fourth-order valence-corrected chi connectivity index (χ4v) is 3.97. The summed E-state index contributed by atoms with van der Waals surface area (Å²) in [6, 6.07) is 10.3. The van der Waals surface area contributed by atoms with E-state index in [1.165, 1.54) is 16.8 Å². The maximum Gasteiger partial charge on any atom is 0.573 e. The Bertz CT molecular complexity index is 1220. The summed E-state index contributed by atoms with van der Waals surface area (Å²) in [5.41, 5.74) is 0.551. The average molecular weight is 461 g/mol. The summed E-state index contributed by atoms with van der Waals surface area (Å²) in [5.74, 6) is -1.25.